The lowest BCUT2D eigenvalue weighted by atomic mass is 9.77. The number of fused-ring (bicyclic) bond motifs is 2. The summed E-state index contributed by atoms with van der Waals surface area (Å²) in [6.45, 7) is 0.839. The molecule has 3 aromatic rings. The third kappa shape index (κ3) is 2.70. The monoisotopic (exact) mass is 362 g/mol. The number of ether oxygens (including phenoxy) is 1. The largest absolute Gasteiger partial charge is 0.504 e. The number of aromatic hydroxyl groups is 1. The predicted molar refractivity (Wildman–Crippen MR) is 107 cm³/mol. The van der Waals surface area contributed by atoms with Crippen LogP contribution in [0.15, 0.2) is 60.5 Å². The number of benzene rings is 3. The second-order valence-electron chi connectivity index (χ2n) is 7.15. The van der Waals surface area contributed by atoms with Gasteiger partial charge in [-0.25, -0.2) is 0 Å². The molecule has 0 fully saturated rings. The molecule has 0 radical (unpaired) electrons. The third-order valence-corrected chi connectivity index (χ3v) is 5.53. The number of phenolic OH excluding ortho intramolecular Hbond substituents is 1. The number of likely N-dealkylation sites (N-methyl/N-ethyl adjacent to an activating group) is 1. The van der Waals surface area contributed by atoms with E-state index in [-0.39, 0.29) is 54.4 Å². The van der Waals surface area contributed by atoms with Crippen LogP contribution in [0.2, 0.25) is 0 Å². The van der Waals surface area contributed by atoms with Gasteiger partial charge in [0.15, 0.2) is 11.5 Å². The molecular formula is C24H23NO2. The Kier molecular flexibility index (Phi) is 2.82. The van der Waals surface area contributed by atoms with E-state index in [9.17, 15) is 5.11 Å². The van der Waals surface area contributed by atoms with Crippen molar-refractivity contribution in [2.45, 2.75) is 25.5 Å². The zero-order valence-electron chi connectivity index (χ0n) is 20.1. The third-order valence-electron chi connectivity index (χ3n) is 5.53. The van der Waals surface area contributed by atoms with Gasteiger partial charge in [-0.3, -0.25) is 4.90 Å². The van der Waals surface area contributed by atoms with E-state index in [1.807, 2.05) is 37.4 Å². The first kappa shape index (κ1) is 11.8. The molecule has 0 aromatic heterocycles. The molecule has 136 valence electrons. The summed E-state index contributed by atoms with van der Waals surface area (Å²) in [6.07, 6.45) is 0.997. The van der Waals surface area contributed by atoms with Crippen LogP contribution in [0.3, 0.4) is 0 Å². The molecule has 1 aliphatic carbocycles. The fourth-order valence-corrected chi connectivity index (χ4v) is 4.10. The highest BCUT2D eigenvalue weighted by molar-refractivity contribution is 5.82. The zero-order chi connectivity index (χ0) is 22.7. The maximum Gasteiger partial charge on any atom is 0.165 e. The van der Waals surface area contributed by atoms with Gasteiger partial charge < -0.3 is 9.84 Å². The van der Waals surface area contributed by atoms with Crippen LogP contribution in [0.4, 0.5) is 0 Å². The maximum absolute atomic E-state index is 11.2. The van der Waals surface area contributed by atoms with Crippen LogP contribution in [0.1, 0.15) is 35.1 Å². The first-order chi connectivity index (χ1) is 15.3. The van der Waals surface area contributed by atoms with E-state index in [1.54, 1.807) is 0 Å². The number of rotatable bonds is 3. The summed E-state index contributed by atoms with van der Waals surface area (Å²) in [5.41, 5.74) is 3.58. The van der Waals surface area contributed by atoms with Crippen molar-refractivity contribution in [2.75, 3.05) is 13.6 Å². The summed E-state index contributed by atoms with van der Waals surface area (Å²) in [5, 5.41) is 11.2. The van der Waals surface area contributed by atoms with Gasteiger partial charge in [0.25, 0.3) is 0 Å². The first-order valence-electron chi connectivity index (χ1n) is 11.7. The normalized spacial score (nSPS) is 20.5. The van der Waals surface area contributed by atoms with Gasteiger partial charge in [-0.15, -0.1) is 0 Å². The highest BCUT2D eigenvalue weighted by Gasteiger charge is 2.34. The van der Waals surface area contributed by atoms with Gasteiger partial charge in [-0.2, -0.15) is 0 Å². The van der Waals surface area contributed by atoms with E-state index in [0.29, 0.717) is 36.1 Å². The highest BCUT2D eigenvalue weighted by atomic mass is 16.5. The Morgan fingerprint density at radius 2 is 2.00 bits per heavy atom. The highest BCUT2D eigenvalue weighted by Crippen LogP contribution is 2.50. The van der Waals surface area contributed by atoms with Crippen molar-refractivity contribution < 1.29 is 16.7 Å². The van der Waals surface area contributed by atoms with Crippen LogP contribution in [0, 0.1) is 0 Å². The molecule has 0 bridgehead atoms. The molecule has 1 N–H and O–H groups in total. The molecule has 0 spiro atoms. The Labute approximate surface area is 166 Å². The fourth-order valence-electron chi connectivity index (χ4n) is 4.10. The topological polar surface area (TPSA) is 32.7 Å². The standard InChI is InChI=1S/C24H23NO2/c1-25-13-12-17-8-5-9-19-22(17)20(25)14-18-10-11-21(24(26)23(18)19)27-15-16-6-3-2-4-7-16/h2-11,20,26H,12-15H2,1H3/t20-/m1/s1/i5D,8D,9D,10D,11D. The van der Waals surface area contributed by atoms with Crippen LogP contribution >= 0.6 is 0 Å². The minimum Gasteiger partial charge on any atom is -0.504 e. The summed E-state index contributed by atoms with van der Waals surface area (Å²) in [5.74, 6) is -0.355. The Balaban J connectivity index is 1.74. The van der Waals surface area contributed by atoms with Gasteiger partial charge in [0.1, 0.15) is 6.61 Å². The molecule has 1 atom stereocenters. The van der Waals surface area contributed by atoms with Gasteiger partial charge in [0.05, 0.1) is 6.85 Å². The summed E-state index contributed by atoms with van der Waals surface area (Å²) < 4.78 is 48.3. The van der Waals surface area contributed by atoms with Crippen LogP contribution in [0.5, 0.6) is 11.5 Å². The van der Waals surface area contributed by atoms with Crippen LogP contribution < -0.4 is 4.74 Å². The summed E-state index contributed by atoms with van der Waals surface area (Å²) >= 11 is 0. The van der Waals surface area contributed by atoms with Gasteiger partial charge >= 0.3 is 0 Å². The molecule has 3 nitrogen and oxygen atoms in total. The average molecular weight is 362 g/mol. The minimum absolute atomic E-state index is 0.0343. The quantitative estimate of drug-likeness (QED) is 0.731. The lowest BCUT2D eigenvalue weighted by Crippen LogP contribution is -2.35. The van der Waals surface area contributed by atoms with Crippen LogP contribution in [-0.2, 0) is 19.4 Å². The molecule has 0 unspecified atom stereocenters. The van der Waals surface area contributed by atoms with Crippen molar-refractivity contribution in [3.8, 4) is 22.6 Å². The van der Waals surface area contributed by atoms with Crippen molar-refractivity contribution in [3.05, 3.63) is 82.8 Å². The number of hydrogen-bond donors (Lipinski definition) is 1. The second-order valence-corrected chi connectivity index (χ2v) is 7.15. The Hall–Kier alpha value is -2.78. The number of nitrogens with zero attached hydrogens (tertiary/aromatic N) is 1. The number of phenols is 1. The summed E-state index contributed by atoms with van der Waals surface area (Å²) in [4.78, 5) is 2.12. The molecule has 1 heterocycles. The van der Waals surface area contributed by atoms with Crippen molar-refractivity contribution in [2.24, 2.45) is 0 Å². The van der Waals surface area contributed by atoms with Crippen molar-refractivity contribution in [3.63, 3.8) is 0 Å². The Bertz CT molecular complexity index is 1250. The fraction of sp³-hybridized carbons (Fsp3) is 0.250. The summed E-state index contributed by atoms with van der Waals surface area (Å²) in [6, 6.07) is 8.76. The first-order valence-corrected chi connectivity index (χ1v) is 9.16. The molecule has 0 amide bonds. The zero-order valence-corrected chi connectivity index (χ0v) is 15.1. The molecular weight excluding hydrogens is 334 g/mol. The molecule has 5 rings (SSSR count). The van der Waals surface area contributed by atoms with Crippen LogP contribution in [0.25, 0.3) is 11.1 Å². The molecule has 0 saturated heterocycles. The van der Waals surface area contributed by atoms with E-state index in [2.05, 4.69) is 4.90 Å². The van der Waals surface area contributed by atoms with E-state index < -0.39 is 0 Å². The molecule has 1 aliphatic heterocycles. The average Bonchev–Trinajstić information content (AvgIpc) is 2.80. The van der Waals surface area contributed by atoms with E-state index >= 15 is 0 Å². The van der Waals surface area contributed by atoms with Gasteiger partial charge in [-0.1, -0.05) is 54.5 Å². The Morgan fingerprint density at radius 3 is 2.85 bits per heavy atom. The van der Waals surface area contributed by atoms with Gasteiger partial charge in [0, 0.05) is 18.2 Å². The maximum atomic E-state index is 11.2. The lowest BCUT2D eigenvalue weighted by Gasteiger charge is -2.40. The summed E-state index contributed by atoms with van der Waals surface area (Å²) in [7, 11) is 1.96. The van der Waals surface area contributed by atoms with Crippen molar-refractivity contribution in [1.82, 2.24) is 4.90 Å². The lowest BCUT2D eigenvalue weighted by molar-refractivity contribution is 0.227. The van der Waals surface area contributed by atoms with Crippen molar-refractivity contribution >= 4 is 0 Å². The molecule has 2 aliphatic rings. The molecule has 3 aromatic carbocycles. The molecule has 0 saturated carbocycles. The van der Waals surface area contributed by atoms with E-state index in [1.165, 1.54) is 0 Å². The minimum atomic E-state index is -0.267. The molecule has 3 heteroatoms. The Morgan fingerprint density at radius 1 is 1.15 bits per heavy atom. The number of hydrogen-bond acceptors (Lipinski definition) is 3. The predicted octanol–water partition coefficient (Wildman–Crippen LogP) is 4.72. The second kappa shape index (κ2) is 6.43. The van der Waals surface area contributed by atoms with E-state index in [4.69, 9.17) is 11.6 Å². The van der Waals surface area contributed by atoms with Crippen molar-refractivity contribution in [1.29, 1.82) is 0 Å². The van der Waals surface area contributed by atoms with Gasteiger partial charge in [0.2, 0.25) is 0 Å². The van der Waals surface area contributed by atoms with Gasteiger partial charge in [-0.05, 0) is 53.7 Å². The van der Waals surface area contributed by atoms with E-state index in [0.717, 1.165) is 16.7 Å². The SMILES string of the molecule is [2H]c1c([2H])c2c3c(c1[2H])-c1c(O)c(OCc4ccccc4)c([2H])c([2H])c1C[C@H]3N(C)CC2. The molecule has 27 heavy (non-hydrogen) atoms. The van der Waals surface area contributed by atoms with Crippen LogP contribution in [-0.4, -0.2) is 23.6 Å². The smallest absolute Gasteiger partial charge is 0.165 e.